The lowest BCUT2D eigenvalue weighted by atomic mass is 10.1. The Hall–Kier alpha value is -0.580. The van der Waals surface area contributed by atoms with Gasteiger partial charge in [0.25, 0.3) is 5.91 Å². The molecular weight excluding hydrogens is 318 g/mol. The van der Waals surface area contributed by atoms with Gasteiger partial charge in [-0.3, -0.25) is 4.79 Å². The van der Waals surface area contributed by atoms with Gasteiger partial charge >= 0.3 is 0 Å². The summed E-state index contributed by atoms with van der Waals surface area (Å²) in [6.45, 7) is 3.06. The summed E-state index contributed by atoms with van der Waals surface area (Å²) in [5, 5.41) is 0.490. The lowest BCUT2D eigenvalue weighted by Crippen LogP contribution is -2.33. The highest BCUT2D eigenvalue weighted by Crippen LogP contribution is 2.19. The summed E-state index contributed by atoms with van der Waals surface area (Å²) in [6, 6.07) is 5.44. The van der Waals surface area contributed by atoms with Crippen LogP contribution >= 0.6 is 27.5 Å². The molecule has 0 aliphatic carbocycles. The molecule has 3 nitrogen and oxygen atoms in total. The van der Waals surface area contributed by atoms with Crippen molar-refractivity contribution in [3.05, 3.63) is 34.3 Å². The second-order valence-corrected chi connectivity index (χ2v) is 5.92. The Labute approximate surface area is 121 Å². The van der Waals surface area contributed by atoms with Gasteiger partial charge in [-0.05, 0) is 24.6 Å². The highest BCUT2D eigenvalue weighted by molar-refractivity contribution is 9.09. The molecular formula is C13H17BrClNO2. The molecule has 0 saturated carbocycles. The van der Waals surface area contributed by atoms with Crippen LogP contribution in [0.5, 0.6) is 0 Å². The number of carbonyl (C=O) groups is 1. The topological polar surface area (TPSA) is 29.5 Å². The summed E-state index contributed by atoms with van der Waals surface area (Å²) < 4.78 is 5.02. The number of hydrogen-bond donors (Lipinski definition) is 0. The Morgan fingerprint density at radius 2 is 2.22 bits per heavy atom. The molecule has 1 rings (SSSR count). The first-order valence-corrected chi connectivity index (χ1v) is 6.89. The molecule has 0 aromatic heterocycles. The third-order valence-corrected chi connectivity index (χ3v) is 3.39. The summed E-state index contributed by atoms with van der Waals surface area (Å²) in [7, 11) is 3.38. The maximum absolute atomic E-state index is 12.2. The predicted molar refractivity (Wildman–Crippen MR) is 77.7 cm³/mol. The lowest BCUT2D eigenvalue weighted by Gasteiger charge is -2.21. The maximum atomic E-state index is 12.2. The van der Waals surface area contributed by atoms with Gasteiger partial charge in [-0.25, -0.2) is 0 Å². The second kappa shape index (κ2) is 7.12. The monoisotopic (exact) mass is 333 g/mol. The zero-order chi connectivity index (χ0) is 13.7. The normalized spacial score (nSPS) is 12.3. The van der Waals surface area contributed by atoms with E-state index in [2.05, 4.69) is 15.9 Å². The van der Waals surface area contributed by atoms with Crippen LogP contribution in [0, 0.1) is 6.92 Å². The van der Waals surface area contributed by atoms with Gasteiger partial charge in [-0.2, -0.15) is 0 Å². The Morgan fingerprint density at radius 1 is 1.56 bits per heavy atom. The van der Waals surface area contributed by atoms with Gasteiger partial charge in [0, 0.05) is 20.7 Å². The number of amides is 1. The summed E-state index contributed by atoms with van der Waals surface area (Å²) in [5.74, 6) is -0.0828. The van der Waals surface area contributed by atoms with Crippen LogP contribution in [0.1, 0.15) is 15.9 Å². The molecule has 0 aliphatic heterocycles. The van der Waals surface area contributed by atoms with E-state index in [1.165, 1.54) is 0 Å². The Kier molecular flexibility index (Phi) is 6.12. The van der Waals surface area contributed by atoms with Gasteiger partial charge in [-0.1, -0.05) is 33.6 Å². The minimum atomic E-state index is -0.0828. The summed E-state index contributed by atoms with van der Waals surface area (Å²) in [4.78, 5) is 13.9. The largest absolute Gasteiger partial charge is 0.383 e. The van der Waals surface area contributed by atoms with Gasteiger partial charge in [0.05, 0.1) is 22.0 Å². The quantitative estimate of drug-likeness (QED) is 0.774. The third-order valence-electron chi connectivity index (χ3n) is 2.52. The number of methoxy groups -OCH3 is 1. The fourth-order valence-electron chi connectivity index (χ4n) is 1.61. The van der Waals surface area contributed by atoms with E-state index >= 15 is 0 Å². The van der Waals surface area contributed by atoms with Crippen LogP contribution in [-0.2, 0) is 4.74 Å². The molecule has 1 aromatic carbocycles. The van der Waals surface area contributed by atoms with Crippen LogP contribution < -0.4 is 0 Å². The second-order valence-electron chi connectivity index (χ2n) is 4.22. The average Bonchev–Trinajstić information content (AvgIpc) is 2.28. The van der Waals surface area contributed by atoms with Crippen LogP contribution in [0.25, 0.3) is 0 Å². The molecule has 0 N–H and O–H groups in total. The number of hydrogen-bond acceptors (Lipinski definition) is 2. The first kappa shape index (κ1) is 15.5. The van der Waals surface area contributed by atoms with Gasteiger partial charge in [0.2, 0.25) is 0 Å². The molecule has 1 aromatic rings. The van der Waals surface area contributed by atoms with Crippen molar-refractivity contribution in [1.82, 2.24) is 4.90 Å². The van der Waals surface area contributed by atoms with E-state index in [9.17, 15) is 4.79 Å². The van der Waals surface area contributed by atoms with Crippen LogP contribution in [0.4, 0.5) is 0 Å². The molecule has 0 bridgehead atoms. The number of halogens is 2. The fraction of sp³-hybridized carbons (Fsp3) is 0.462. The molecule has 1 amide bonds. The average molecular weight is 335 g/mol. The molecule has 0 radical (unpaired) electrons. The number of rotatable bonds is 5. The van der Waals surface area contributed by atoms with E-state index in [4.69, 9.17) is 16.3 Å². The van der Waals surface area contributed by atoms with Crippen LogP contribution in [0.15, 0.2) is 18.2 Å². The van der Waals surface area contributed by atoms with Gasteiger partial charge in [0.15, 0.2) is 0 Å². The summed E-state index contributed by atoms with van der Waals surface area (Å²) in [5.41, 5.74) is 1.57. The van der Waals surface area contributed by atoms with E-state index in [0.717, 1.165) is 5.56 Å². The SMILES string of the molecule is COCC(Br)CN(C)C(=O)c1ccc(C)cc1Cl. The zero-order valence-electron chi connectivity index (χ0n) is 10.7. The molecule has 18 heavy (non-hydrogen) atoms. The molecule has 0 spiro atoms. The van der Waals surface area contributed by atoms with Crippen molar-refractivity contribution in [1.29, 1.82) is 0 Å². The molecule has 100 valence electrons. The first-order valence-electron chi connectivity index (χ1n) is 5.60. The number of aryl methyl sites for hydroxylation is 1. The van der Waals surface area contributed by atoms with E-state index in [0.29, 0.717) is 23.7 Å². The van der Waals surface area contributed by atoms with Gasteiger partial charge < -0.3 is 9.64 Å². The van der Waals surface area contributed by atoms with Crippen molar-refractivity contribution in [2.24, 2.45) is 0 Å². The standard InChI is InChI=1S/C13H17BrClNO2/c1-9-4-5-11(12(15)6-9)13(17)16(2)7-10(14)8-18-3/h4-6,10H,7-8H2,1-3H3. The molecule has 0 heterocycles. The first-order chi connectivity index (χ1) is 8.45. The maximum Gasteiger partial charge on any atom is 0.255 e. The highest BCUT2D eigenvalue weighted by atomic mass is 79.9. The molecule has 0 fully saturated rings. The summed E-state index contributed by atoms with van der Waals surface area (Å²) >= 11 is 9.54. The van der Waals surface area contributed by atoms with E-state index in [1.807, 2.05) is 13.0 Å². The Balaban J connectivity index is 2.74. The molecule has 1 atom stereocenters. The number of alkyl halides is 1. The number of nitrogens with zero attached hydrogens (tertiary/aromatic N) is 1. The minimum Gasteiger partial charge on any atom is -0.383 e. The smallest absolute Gasteiger partial charge is 0.255 e. The molecule has 5 heteroatoms. The fourth-order valence-corrected chi connectivity index (χ4v) is 2.63. The van der Waals surface area contributed by atoms with Crippen molar-refractivity contribution in [3.63, 3.8) is 0 Å². The van der Waals surface area contributed by atoms with Crippen molar-refractivity contribution in [2.75, 3.05) is 27.3 Å². The highest BCUT2D eigenvalue weighted by Gasteiger charge is 2.17. The van der Waals surface area contributed by atoms with Crippen LogP contribution in [0.2, 0.25) is 5.02 Å². The molecule has 0 saturated heterocycles. The predicted octanol–water partition coefficient (Wildman–Crippen LogP) is 3.13. The lowest BCUT2D eigenvalue weighted by molar-refractivity contribution is 0.0784. The summed E-state index contributed by atoms with van der Waals surface area (Å²) in [6.07, 6.45) is 0. The van der Waals surface area contributed by atoms with E-state index in [1.54, 1.807) is 31.2 Å². The van der Waals surface area contributed by atoms with Crippen molar-refractivity contribution in [2.45, 2.75) is 11.8 Å². The Morgan fingerprint density at radius 3 is 2.78 bits per heavy atom. The van der Waals surface area contributed by atoms with Crippen LogP contribution in [-0.4, -0.2) is 42.9 Å². The molecule has 0 aliphatic rings. The zero-order valence-corrected chi connectivity index (χ0v) is 13.1. The van der Waals surface area contributed by atoms with E-state index in [-0.39, 0.29) is 10.7 Å². The van der Waals surface area contributed by atoms with Crippen molar-refractivity contribution >= 4 is 33.4 Å². The Bertz CT molecular complexity index is 425. The van der Waals surface area contributed by atoms with E-state index < -0.39 is 0 Å². The number of carbonyl (C=O) groups excluding carboxylic acids is 1. The van der Waals surface area contributed by atoms with Gasteiger partial charge in [-0.15, -0.1) is 0 Å². The molecule has 1 unspecified atom stereocenters. The number of ether oxygens (including phenoxy) is 1. The van der Waals surface area contributed by atoms with Crippen molar-refractivity contribution < 1.29 is 9.53 Å². The minimum absolute atomic E-state index is 0.0828. The van der Waals surface area contributed by atoms with Gasteiger partial charge in [0.1, 0.15) is 0 Å². The van der Waals surface area contributed by atoms with Crippen molar-refractivity contribution in [3.8, 4) is 0 Å². The van der Waals surface area contributed by atoms with Crippen LogP contribution in [0.3, 0.4) is 0 Å². The number of benzene rings is 1. The third kappa shape index (κ3) is 4.26.